The normalized spacial score (nSPS) is 10.9. The van der Waals surface area contributed by atoms with Crippen LogP contribution in [0.25, 0.3) is 11.4 Å². The van der Waals surface area contributed by atoms with Gasteiger partial charge in [0.15, 0.2) is 6.29 Å². The molecular weight excluding hydrogens is 338 g/mol. The zero-order valence-corrected chi connectivity index (χ0v) is 15.2. The monoisotopic (exact) mass is 361 g/mol. The highest BCUT2D eigenvalue weighted by atomic mass is 16.7. The first-order valence-electron chi connectivity index (χ1n) is 8.52. The number of esters is 1. The molecule has 0 N–H and O–H groups in total. The van der Waals surface area contributed by atoms with Crippen LogP contribution >= 0.6 is 0 Å². The van der Waals surface area contributed by atoms with Crippen molar-refractivity contribution in [1.82, 2.24) is 14.5 Å². The van der Waals surface area contributed by atoms with E-state index in [1.54, 1.807) is 31.5 Å². The number of ether oxygens (including phenoxy) is 3. The molecule has 0 aliphatic heterocycles. The van der Waals surface area contributed by atoms with E-state index in [-0.39, 0.29) is 18.7 Å². The van der Waals surface area contributed by atoms with Gasteiger partial charge in [0.1, 0.15) is 11.4 Å². The van der Waals surface area contributed by atoms with Crippen molar-refractivity contribution in [2.75, 3.05) is 19.8 Å². The second-order valence-corrected chi connectivity index (χ2v) is 5.21. The van der Waals surface area contributed by atoms with Crippen LogP contribution in [0.5, 0.6) is 0 Å². The van der Waals surface area contributed by atoms with Gasteiger partial charge in [0.2, 0.25) is 0 Å². The van der Waals surface area contributed by atoms with Gasteiger partial charge in [-0.1, -0.05) is 0 Å². The van der Waals surface area contributed by atoms with Crippen LogP contribution in [-0.2, 0) is 20.8 Å². The lowest BCUT2D eigenvalue weighted by molar-refractivity contribution is -0.143. The van der Waals surface area contributed by atoms with Crippen LogP contribution in [0.1, 0.15) is 31.1 Å². The topological polar surface area (TPSA) is 92.5 Å². The van der Waals surface area contributed by atoms with E-state index in [0.29, 0.717) is 24.6 Å². The van der Waals surface area contributed by atoms with Crippen molar-refractivity contribution in [3.8, 4) is 11.4 Å². The highest BCUT2D eigenvalue weighted by molar-refractivity contribution is 5.88. The number of hydrogen-bond donors (Lipinski definition) is 0. The van der Waals surface area contributed by atoms with Crippen molar-refractivity contribution in [1.29, 1.82) is 0 Å². The van der Waals surface area contributed by atoms with E-state index in [1.807, 2.05) is 13.8 Å². The van der Waals surface area contributed by atoms with Crippen molar-refractivity contribution >= 4 is 5.97 Å². The van der Waals surface area contributed by atoms with E-state index in [0.717, 1.165) is 0 Å². The van der Waals surface area contributed by atoms with Gasteiger partial charge < -0.3 is 14.2 Å². The van der Waals surface area contributed by atoms with Crippen LogP contribution in [-0.4, -0.2) is 46.6 Å². The summed E-state index contributed by atoms with van der Waals surface area (Å²) in [6.45, 7) is 6.47. The Hall–Kier alpha value is -2.58. The zero-order valence-electron chi connectivity index (χ0n) is 15.2. The van der Waals surface area contributed by atoms with Crippen molar-refractivity contribution in [2.45, 2.75) is 33.6 Å². The SMILES string of the molecule is CCOC(=O)c1cnc(-c2ccncc2)n(CC(OCC)OCC)c1=O. The third kappa shape index (κ3) is 4.74. The Labute approximate surface area is 151 Å². The number of carbonyl (C=O) groups excluding carboxylic acids is 1. The standard InChI is InChI=1S/C18H23N3O5/c1-4-24-15(25-5-2)12-21-16(13-7-9-19-10-8-13)20-11-14(17(21)22)18(23)26-6-3/h7-11,15H,4-6,12H2,1-3H3. The lowest BCUT2D eigenvalue weighted by Gasteiger charge is -2.20. The summed E-state index contributed by atoms with van der Waals surface area (Å²) in [7, 11) is 0. The zero-order chi connectivity index (χ0) is 18.9. The van der Waals surface area contributed by atoms with Gasteiger partial charge in [0.25, 0.3) is 5.56 Å². The van der Waals surface area contributed by atoms with Gasteiger partial charge in [-0.2, -0.15) is 0 Å². The minimum absolute atomic E-state index is 0.0956. The molecule has 140 valence electrons. The number of hydrogen-bond acceptors (Lipinski definition) is 7. The summed E-state index contributed by atoms with van der Waals surface area (Å²) in [4.78, 5) is 33.3. The molecule has 0 radical (unpaired) electrons. The number of rotatable bonds is 9. The van der Waals surface area contributed by atoms with E-state index in [4.69, 9.17) is 14.2 Å². The van der Waals surface area contributed by atoms with Crippen LogP contribution in [0.2, 0.25) is 0 Å². The maximum Gasteiger partial charge on any atom is 0.345 e. The Morgan fingerprint density at radius 1 is 1.12 bits per heavy atom. The van der Waals surface area contributed by atoms with E-state index in [1.165, 1.54) is 10.8 Å². The average Bonchev–Trinajstić information content (AvgIpc) is 2.64. The molecule has 2 heterocycles. The Bertz CT molecular complexity index is 770. The molecule has 0 aliphatic rings. The third-order valence-corrected chi connectivity index (χ3v) is 3.52. The summed E-state index contributed by atoms with van der Waals surface area (Å²) in [6, 6.07) is 3.47. The number of carbonyl (C=O) groups is 1. The van der Waals surface area contributed by atoms with Crippen molar-refractivity contribution in [3.05, 3.63) is 46.6 Å². The molecule has 8 heteroatoms. The molecule has 0 amide bonds. The molecule has 0 saturated carbocycles. The number of aromatic nitrogens is 3. The van der Waals surface area contributed by atoms with Gasteiger partial charge in [0, 0.05) is 37.4 Å². The molecule has 0 spiro atoms. The molecule has 0 fully saturated rings. The minimum atomic E-state index is -0.704. The number of nitrogens with zero attached hydrogens (tertiary/aromatic N) is 3. The van der Waals surface area contributed by atoms with Crippen LogP contribution in [0, 0.1) is 0 Å². The predicted molar refractivity (Wildman–Crippen MR) is 94.7 cm³/mol. The van der Waals surface area contributed by atoms with Gasteiger partial charge in [0.05, 0.1) is 13.2 Å². The van der Waals surface area contributed by atoms with E-state index in [2.05, 4.69) is 9.97 Å². The molecular formula is C18H23N3O5. The fourth-order valence-corrected chi connectivity index (χ4v) is 2.42. The van der Waals surface area contributed by atoms with E-state index < -0.39 is 17.8 Å². The van der Waals surface area contributed by atoms with Crippen molar-refractivity contribution in [3.63, 3.8) is 0 Å². The van der Waals surface area contributed by atoms with Crippen LogP contribution in [0.4, 0.5) is 0 Å². The lowest BCUT2D eigenvalue weighted by Crippen LogP contribution is -2.35. The molecule has 2 aromatic rings. The molecule has 0 saturated heterocycles. The first-order chi connectivity index (χ1) is 12.6. The minimum Gasteiger partial charge on any atom is -0.462 e. The lowest BCUT2D eigenvalue weighted by atomic mass is 10.2. The second kappa shape index (κ2) is 9.79. The summed E-state index contributed by atoms with van der Waals surface area (Å²) in [5.41, 5.74) is 0.0605. The van der Waals surface area contributed by atoms with Gasteiger partial charge in [-0.3, -0.25) is 14.3 Å². The van der Waals surface area contributed by atoms with Crippen LogP contribution in [0.15, 0.2) is 35.5 Å². The summed E-state index contributed by atoms with van der Waals surface area (Å²) in [5, 5.41) is 0. The Kier molecular flexibility index (Phi) is 7.43. The third-order valence-electron chi connectivity index (χ3n) is 3.52. The summed E-state index contributed by atoms with van der Waals surface area (Å²) >= 11 is 0. The van der Waals surface area contributed by atoms with E-state index >= 15 is 0 Å². The van der Waals surface area contributed by atoms with E-state index in [9.17, 15) is 9.59 Å². The summed E-state index contributed by atoms with van der Waals surface area (Å²) in [5.74, 6) is -0.306. The first-order valence-corrected chi connectivity index (χ1v) is 8.52. The van der Waals surface area contributed by atoms with Crippen molar-refractivity contribution < 1.29 is 19.0 Å². The molecule has 2 rings (SSSR count). The molecule has 0 bridgehead atoms. The fraction of sp³-hybridized carbons (Fsp3) is 0.444. The highest BCUT2D eigenvalue weighted by Crippen LogP contribution is 2.16. The van der Waals surface area contributed by atoms with Crippen LogP contribution in [0.3, 0.4) is 0 Å². The maximum atomic E-state index is 12.9. The Morgan fingerprint density at radius 3 is 2.35 bits per heavy atom. The Balaban J connectivity index is 2.53. The molecule has 0 aliphatic carbocycles. The van der Waals surface area contributed by atoms with Gasteiger partial charge in [-0.15, -0.1) is 0 Å². The van der Waals surface area contributed by atoms with Gasteiger partial charge in [-0.05, 0) is 32.9 Å². The fourth-order valence-electron chi connectivity index (χ4n) is 2.42. The first kappa shape index (κ1) is 19.7. The highest BCUT2D eigenvalue weighted by Gasteiger charge is 2.21. The second-order valence-electron chi connectivity index (χ2n) is 5.21. The average molecular weight is 361 g/mol. The molecule has 8 nitrogen and oxygen atoms in total. The van der Waals surface area contributed by atoms with Gasteiger partial charge >= 0.3 is 5.97 Å². The smallest absolute Gasteiger partial charge is 0.345 e. The largest absolute Gasteiger partial charge is 0.462 e. The predicted octanol–water partition coefficient (Wildman–Crippen LogP) is 1.88. The molecule has 0 aromatic carbocycles. The van der Waals surface area contributed by atoms with Gasteiger partial charge in [-0.25, -0.2) is 9.78 Å². The Morgan fingerprint density at radius 2 is 1.77 bits per heavy atom. The molecule has 0 atom stereocenters. The summed E-state index contributed by atoms with van der Waals surface area (Å²) < 4.78 is 17.4. The molecule has 26 heavy (non-hydrogen) atoms. The summed E-state index contributed by atoms with van der Waals surface area (Å²) in [6.07, 6.45) is 3.81. The maximum absolute atomic E-state index is 12.9. The van der Waals surface area contributed by atoms with Crippen LogP contribution < -0.4 is 5.56 Å². The number of pyridine rings is 1. The molecule has 0 unspecified atom stereocenters. The quantitative estimate of drug-likeness (QED) is 0.497. The molecule has 2 aromatic heterocycles. The van der Waals surface area contributed by atoms with Crippen molar-refractivity contribution in [2.24, 2.45) is 0 Å².